The van der Waals surface area contributed by atoms with Crippen molar-refractivity contribution in [2.24, 2.45) is 0 Å². The van der Waals surface area contributed by atoms with Crippen LogP contribution in [0.2, 0.25) is 0 Å². The minimum absolute atomic E-state index is 0.0403. The summed E-state index contributed by atoms with van der Waals surface area (Å²) in [4.78, 5) is 2.69. The van der Waals surface area contributed by atoms with Crippen LogP contribution >= 0.6 is 0 Å². The molecule has 154 valence electrons. The van der Waals surface area contributed by atoms with Crippen molar-refractivity contribution < 1.29 is 13.9 Å². The minimum atomic E-state index is 0.0403. The molecule has 2 aliphatic heterocycles. The molecule has 6 nitrogen and oxygen atoms in total. The van der Waals surface area contributed by atoms with Crippen molar-refractivity contribution >= 4 is 0 Å². The van der Waals surface area contributed by atoms with Gasteiger partial charge in [0.05, 0.1) is 0 Å². The molecule has 0 atom stereocenters. The molecular weight excluding hydrogens is 366 g/mol. The third kappa shape index (κ3) is 3.52. The maximum atomic E-state index is 6.57. The average molecular weight is 396 g/mol. The molecule has 29 heavy (non-hydrogen) atoms. The van der Waals surface area contributed by atoms with Crippen LogP contribution in [0.5, 0.6) is 11.5 Å². The van der Waals surface area contributed by atoms with E-state index < -0.39 is 0 Å². The number of likely N-dealkylation sites (tertiary alicyclic amines) is 1. The lowest BCUT2D eigenvalue weighted by Crippen LogP contribution is -2.53. The Morgan fingerprint density at radius 3 is 2.69 bits per heavy atom. The van der Waals surface area contributed by atoms with Crippen LogP contribution in [0, 0.1) is 0 Å². The minimum Gasteiger partial charge on any atom is -0.487 e. The van der Waals surface area contributed by atoms with Crippen LogP contribution in [-0.2, 0) is 13.0 Å². The van der Waals surface area contributed by atoms with Gasteiger partial charge in [-0.05, 0) is 75.1 Å². The third-order valence-electron chi connectivity index (χ3n) is 7.28. The van der Waals surface area contributed by atoms with Crippen molar-refractivity contribution in [2.75, 3.05) is 13.1 Å². The highest BCUT2D eigenvalue weighted by Crippen LogP contribution is 2.42. The Morgan fingerprint density at radius 2 is 1.93 bits per heavy atom. The average Bonchev–Trinajstić information content (AvgIpc) is 3.45. The van der Waals surface area contributed by atoms with Gasteiger partial charge in [-0.25, -0.2) is 0 Å². The topological polar surface area (TPSA) is 60.6 Å². The highest BCUT2D eigenvalue weighted by atomic mass is 16.5. The second-order valence-electron chi connectivity index (χ2n) is 9.27. The molecule has 0 radical (unpaired) electrons. The standard InChI is InChI=1S/C23H29N3O3/c1-2-18(3-1)26-12-10-23(11-13-26)9-8-17-14-19(6-7-20(17)29-23)27-15-21-24-25-22(28-21)16-4-5-16/h6-7,14,16,18H,1-5,8-13,15H2. The van der Waals surface area contributed by atoms with Crippen molar-refractivity contribution in [1.29, 1.82) is 0 Å². The zero-order chi connectivity index (χ0) is 19.3. The number of rotatable bonds is 5. The largest absolute Gasteiger partial charge is 0.487 e. The molecule has 0 bridgehead atoms. The van der Waals surface area contributed by atoms with E-state index in [4.69, 9.17) is 13.9 Å². The molecule has 3 heterocycles. The van der Waals surface area contributed by atoms with Gasteiger partial charge in [0.15, 0.2) is 6.61 Å². The van der Waals surface area contributed by atoms with E-state index in [2.05, 4.69) is 27.2 Å². The Bertz CT molecular complexity index is 879. The first-order valence-electron chi connectivity index (χ1n) is 11.3. The number of nitrogens with zero attached hydrogens (tertiary/aromatic N) is 3. The first-order chi connectivity index (χ1) is 14.3. The molecule has 1 aromatic heterocycles. The van der Waals surface area contributed by atoms with Crippen LogP contribution in [0.15, 0.2) is 22.6 Å². The summed E-state index contributed by atoms with van der Waals surface area (Å²) in [5, 5.41) is 8.21. The molecule has 0 unspecified atom stereocenters. The summed E-state index contributed by atoms with van der Waals surface area (Å²) < 4.78 is 18.2. The Morgan fingerprint density at radius 1 is 1.07 bits per heavy atom. The molecule has 2 aromatic rings. The van der Waals surface area contributed by atoms with E-state index in [1.165, 1.54) is 37.9 Å². The fraction of sp³-hybridized carbons (Fsp3) is 0.652. The lowest BCUT2D eigenvalue weighted by atomic mass is 9.81. The van der Waals surface area contributed by atoms with Crippen LogP contribution in [0.1, 0.15) is 74.6 Å². The summed E-state index contributed by atoms with van der Waals surface area (Å²) in [7, 11) is 0. The van der Waals surface area contributed by atoms with Crippen LogP contribution in [0.25, 0.3) is 0 Å². The number of ether oxygens (including phenoxy) is 2. The smallest absolute Gasteiger partial charge is 0.253 e. The van der Waals surface area contributed by atoms with E-state index in [0.717, 1.165) is 62.0 Å². The van der Waals surface area contributed by atoms with Gasteiger partial charge in [-0.3, -0.25) is 0 Å². The highest BCUT2D eigenvalue weighted by Gasteiger charge is 2.41. The first kappa shape index (κ1) is 17.8. The van der Waals surface area contributed by atoms with Crippen LogP contribution in [-0.4, -0.2) is 39.8 Å². The molecule has 6 rings (SSSR count). The second-order valence-corrected chi connectivity index (χ2v) is 9.27. The SMILES string of the molecule is c1cc2c(cc1OCc1nnc(C3CC3)o1)CCC1(CCN(C3CCC3)CC1)O2. The molecule has 1 saturated heterocycles. The van der Waals surface area contributed by atoms with E-state index in [1.807, 2.05) is 6.07 Å². The maximum absolute atomic E-state index is 6.57. The van der Waals surface area contributed by atoms with Crippen LogP contribution in [0.3, 0.4) is 0 Å². The van der Waals surface area contributed by atoms with Crippen molar-refractivity contribution in [2.45, 2.75) is 82.0 Å². The van der Waals surface area contributed by atoms with Crippen molar-refractivity contribution in [3.8, 4) is 11.5 Å². The predicted octanol–water partition coefficient (Wildman–Crippen LogP) is 4.24. The summed E-state index contributed by atoms with van der Waals surface area (Å²) >= 11 is 0. The fourth-order valence-electron chi connectivity index (χ4n) is 4.95. The molecule has 6 heteroatoms. The van der Waals surface area contributed by atoms with Gasteiger partial charge in [0.1, 0.15) is 17.1 Å². The molecule has 2 aliphatic carbocycles. The highest BCUT2D eigenvalue weighted by molar-refractivity contribution is 5.42. The van der Waals surface area contributed by atoms with E-state index in [9.17, 15) is 0 Å². The van der Waals surface area contributed by atoms with E-state index in [0.29, 0.717) is 18.4 Å². The van der Waals surface area contributed by atoms with Gasteiger partial charge in [-0.1, -0.05) is 6.42 Å². The summed E-state index contributed by atoms with van der Waals surface area (Å²) in [5.74, 6) is 3.67. The quantitative estimate of drug-likeness (QED) is 0.755. The zero-order valence-corrected chi connectivity index (χ0v) is 16.9. The van der Waals surface area contributed by atoms with Crippen LogP contribution < -0.4 is 9.47 Å². The summed E-state index contributed by atoms with van der Waals surface area (Å²) in [6, 6.07) is 7.04. The number of aromatic nitrogens is 2. The van der Waals surface area contributed by atoms with E-state index in [1.54, 1.807) is 0 Å². The number of hydrogen-bond donors (Lipinski definition) is 0. The molecule has 1 aromatic carbocycles. The van der Waals surface area contributed by atoms with Crippen molar-refractivity contribution in [3.05, 3.63) is 35.5 Å². The van der Waals surface area contributed by atoms with Gasteiger partial charge in [-0.2, -0.15) is 0 Å². The third-order valence-corrected chi connectivity index (χ3v) is 7.28. The maximum Gasteiger partial charge on any atom is 0.253 e. The molecule has 2 saturated carbocycles. The first-order valence-corrected chi connectivity index (χ1v) is 11.3. The Hall–Kier alpha value is -2.08. The molecular formula is C23H29N3O3. The number of fused-ring (bicyclic) bond motifs is 1. The summed E-state index contributed by atoms with van der Waals surface area (Å²) in [5.41, 5.74) is 1.29. The zero-order valence-electron chi connectivity index (χ0n) is 16.9. The number of benzene rings is 1. The normalized spacial score (nSPS) is 24.0. The van der Waals surface area contributed by atoms with Crippen molar-refractivity contribution in [1.82, 2.24) is 15.1 Å². The molecule has 4 aliphatic rings. The molecule has 3 fully saturated rings. The Labute approximate surface area is 171 Å². The van der Waals surface area contributed by atoms with E-state index >= 15 is 0 Å². The molecule has 0 amide bonds. The van der Waals surface area contributed by atoms with Crippen LogP contribution in [0.4, 0.5) is 0 Å². The van der Waals surface area contributed by atoms with Crippen molar-refractivity contribution in [3.63, 3.8) is 0 Å². The number of aryl methyl sites for hydroxylation is 1. The molecule has 0 N–H and O–H groups in total. The lowest BCUT2D eigenvalue weighted by Gasteiger charge is -2.48. The predicted molar refractivity (Wildman–Crippen MR) is 107 cm³/mol. The Balaban J connectivity index is 1.07. The summed E-state index contributed by atoms with van der Waals surface area (Å²) in [6.45, 7) is 2.70. The van der Waals surface area contributed by atoms with Gasteiger partial charge in [0.25, 0.3) is 5.89 Å². The van der Waals surface area contributed by atoms with Gasteiger partial charge in [0.2, 0.25) is 5.89 Å². The molecule has 1 spiro atoms. The second kappa shape index (κ2) is 7.01. The van der Waals surface area contributed by atoms with E-state index in [-0.39, 0.29) is 5.60 Å². The van der Waals surface area contributed by atoms with Gasteiger partial charge in [0, 0.05) is 25.0 Å². The summed E-state index contributed by atoms with van der Waals surface area (Å²) in [6.07, 6.45) is 11.0. The monoisotopic (exact) mass is 395 g/mol. The van der Waals surface area contributed by atoms with Gasteiger partial charge in [-0.15, -0.1) is 10.2 Å². The number of piperidine rings is 1. The number of hydrogen-bond acceptors (Lipinski definition) is 6. The Kier molecular flexibility index (Phi) is 4.29. The van der Waals surface area contributed by atoms with Gasteiger partial charge < -0.3 is 18.8 Å². The van der Waals surface area contributed by atoms with Gasteiger partial charge >= 0.3 is 0 Å². The lowest BCUT2D eigenvalue weighted by molar-refractivity contribution is -0.0337. The fourth-order valence-corrected chi connectivity index (χ4v) is 4.95.